The van der Waals surface area contributed by atoms with Crippen molar-refractivity contribution in [2.75, 3.05) is 13.2 Å². The van der Waals surface area contributed by atoms with Gasteiger partial charge in [0, 0.05) is 0 Å². The third-order valence-electron chi connectivity index (χ3n) is 3.29. The zero-order valence-corrected chi connectivity index (χ0v) is 10.7. The van der Waals surface area contributed by atoms with Crippen LogP contribution in [0, 0.1) is 0 Å². The van der Waals surface area contributed by atoms with Crippen molar-refractivity contribution in [1.82, 2.24) is 5.32 Å². The van der Waals surface area contributed by atoms with Crippen molar-refractivity contribution in [3.8, 4) is 0 Å². The molecule has 1 N–H and O–H groups in total. The lowest BCUT2D eigenvalue weighted by Crippen LogP contribution is -2.39. The van der Waals surface area contributed by atoms with Gasteiger partial charge >= 0.3 is 0 Å². The summed E-state index contributed by atoms with van der Waals surface area (Å²) in [5.41, 5.74) is 3.86. The molecule has 0 radical (unpaired) electrons. The Morgan fingerprint density at radius 2 is 2.29 bits per heavy atom. The Bertz CT molecular complexity index is 400. The van der Waals surface area contributed by atoms with Crippen molar-refractivity contribution in [3.63, 3.8) is 0 Å². The number of nitrogens with one attached hydrogen (secondary N) is 1. The molecule has 1 aliphatic rings. The molecule has 17 heavy (non-hydrogen) atoms. The van der Waals surface area contributed by atoms with Gasteiger partial charge in [-0.05, 0) is 31.0 Å². The molecule has 1 aromatic rings. The second kappa shape index (κ2) is 5.48. The van der Waals surface area contributed by atoms with E-state index in [1.807, 2.05) is 0 Å². The normalized spacial score (nSPS) is 20.7. The molecule has 2 heteroatoms. The van der Waals surface area contributed by atoms with E-state index in [2.05, 4.69) is 50.0 Å². The van der Waals surface area contributed by atoms with Crippen LogP contribution in [0.25, 0.3) is 0 Å². The van der Waals surface area contributed by atoms with Crippen molar-refractivity contribution in [3.05, 3.63) is 47.5 Å². The molecule has 0 amide bonds. The highest BCUT2D eigenvalue weighted by atomic mass is 16.5. The van der Waals surface area contributed by atoms with Gasteiger partial charge in [0.1, 0.15) is 6.10 Å². The first kappa shape index (κ1) is 12.3. The average Bonchev–Trinajstić information content (AvgIpc) is 2.35. The van der Waals surface area contributed by atoms with E-state index in [0.717, 1.165) is 25.1 Å². The van der Waals surface area contributed by atoms with Crippen LogP contribution in [-0.4, -0.2) is 19.2 Å². The number of fused-ring (bicyclic) bond motifs is 1. The van der Waals surface area contributed by atoms with Gasteiger partial charge < -0.3 is 10.1 Å². The van der Waals surface area contributed by atoms with Gasteiger partial charge in [-0.25, -0.2) is 0 Å². The van der Waals surface area contributed by atoms with Gasteiger partial charge in [-0.1, -0.05) is 43.3 Å². The predicted octanol–water partition coefficient (Wildman–Crippen LogP) is 2.85. The van der Waals surface area contributed by atoms with E-state index in [0.29, 0.717) is 0 Å². The molecule has 0 spiro atoms. The predicted molar refractivity (Wildman–Crippen MR) is 71.1 cm³/mol. The second-order valence-corrected chi connectivity index (χ2v) is 4.62. The lowest BCUT2D eigenvalue weighted by atomic mass is 9.90. The third-order valence-corrected chi connectivity index (χ3v) is 3.29. The Hall–Kier alpha value is -1.12. The molecule has 2 nitrogen and oxygen atoms in total. The van der Waals surface area contributed by atoms with Crippen LogP contribution < -0.4 is 5.32 Å². The molecule has 1 aliphatic heterocycles. The molecule has 1 heterocycles. The Balaban J connectivity index is 2.30. The first-order valence-electron chi connectivity index (χ1n) is 6.32. The van der Waals surface area contributed by atoms with Crippen LogP contribution in [0.3, 0.4) is 0 Å². The van der Waals surface area contributed by atoms with Crippen LogP contribution in [0.15, 0.2) is 36.4 Å². The van der Waals surface area contributed by atoms with Crippen molar-refractivity contribution >= 4 is 0 Å². The van der Waals surface area contributed by atoms with E-state index in [9.17, 15) is 0 Å². The largest absolute Gasteiger partial charge is 0.371 e. The van der Waals surface area contributed by atoms with Gasteiger partial charge in [0.25, 0.3) is 0 Å². The van der Waals surface area contributed by atoms with Gasteiger partial charge in [-0.15, -0.1) is 0 Å². The minimum absolute atomic E-state index is 0.109. The Morgan fingerprint density at radius 1 is 1.53 bits per heavy atom. The zero-order chi connectivity index (χ0) is 12.3. The molecule has 0 aromatic heterocycles. The van der Waals surface area contributed by atoms with Crippen LogP contribution >= 0.6 is 0 Å². The number of hydrogen-bond donors (Lipinski definition) is 1. The maximum atomic E-state index is 5.96. The van der Waals surface area contributed by atoms with E-state index in [1.54, 1.807) is 0 Å². The molecule has 0 aliphatic carbocycles. The summed E-state index contributed by atoms with van der Waals surface area (Å²) < 4.78 is 5.96. The summed E-state index contributed by atoms with van der Waals surface area (Å²) in [6.07, 6.45) is 1.12. The fourth-order valence-corrected chi connectivity index (χ4v) is 2.46. The highest BCUT2D eigenvalue weighted by Crippen LogP contribution is 2.31. The van der Waals surface area contributed by atoms with Crippen LogP contribution in [0.2, 0.25) is 0 Å². The van der Waals surface area contributed by atoms with E-state index in [-0.39, 0.29) is 12.1 Å². The molecule has 2 rings (SSSR count). The average molecular weight is 231 g/mol. The number of ether oxygens (including phenoxy) is 1. The standard InChI is InChI=1S/C15H21NO/c1-4-16-14(11(2)3)15-13-8-6-5-7-12(13)9-10-17-15/h5-8,14-16H,2,4,9-10H2,1,3H3. The quantitative estimate of drug-likeness (QED) is 0.805. The Kier molecular flexibility index (Phi) is 3.97. The molecule has 0 saturated carbocycles. The van der Waals surface area contributed by atoms with E-state index < -0.39 is 0 Å². The summed E-state index contributed by atoms with van der Waals surface area (Å²) >= 11 is 0. The van der Waals surface area contributed by atoms with E-state index >= 15 is 0 Å². The van der Waals surface area contributed by atoms with Gasteiger partial charge in [0.15, 0.2) is 0 Å². The first-order chi connectivity index (χ1) is 8.24. The highest BCUT2D eigenvalue weighted by Gasteiger charge is 2.28. The molecular formula is C15H21NO. The van der Waals surface area contributed by atoms with Crippen LogP contribution in [0.5, 0.6) is 0 Å². The molecule has 92 valence electrons. The molecule has 2 atom stereocenters. The number of benzene rings is 1. The minimum atomic E-state index is 0.109. The SMILES string of the molecule is C=C(C)C(NCC)C1OCCc2ccccc21. The van der Waals surface area contributed by atoms with Crippen LogP contribution in [-0.2, 0) is 11.2 Å². The Morgan fingerprint density at radius 3 is 3.00 bits per heavy atom. The van der Waals surface area contributed by atoms with Crippen molar-refractivity contribution in [2.45, 2.75) is 32.4 Å². The van der Waals surface area contributed by atoms with Crippen molar-refractivity contribution in [1.29, 1.82) is 0 Å². The summed E-state index contributed by atoms with van der Waals surface area (Å²) in [5.74, 6) is 0. The van der Waals surface area contributed by atoms with Gasteiger partial charge in [-0.2, -0.15) is 0 Å². The molecule has 0 saturated heterocycles. The zero-order valence-electron chi connectivity index (χ0n) is 10.7. The monoisotopic (exact) mass is 231 g/mol. The number of hydrogen-bond acceptors (Lipinski definition) is 2. The molecule has 0 fully saturated rings. The first-order valence-corrected chi connectivity index (χ1v) is 6.32. The maximum Gasteiger partial charge on any atom is 0.102 e. The topological polar surface area (TPSA) is 21.3 Å². The number of likely N-dealkylation sites (N-methyl/N-ethyl adjacent to an activating group) is 1. The van der Waals surface area contributed by atoms with Crippen LogP contribution in [0.4, 0.5) is 0 Å². The smallest absolute Gasteiger partial charge is 0.102 e. The fourth-order valence-electron chi connectivity index (χ4n) is 2.46. The van der Waals surface area contributed by atoms with E-state index in [4.69, 9.17) is 4.74 Å². The lowest BCUT2D eigenvalue weighted by molar-refractivity contribution is 0.0242. The molecular weight excluding hydrogens is 210 g/mol. The molecule has 1 aromatic carbocycles. The maximum absolute atomic E-state index is 5.96. The summed E-state index contributed by atoms with van der Waals surface area (Å²) in [6.45, 7) is 9.99. The molecule has 0 bridgehead atoms. The van der Waals surface area contributed by atoms with E-state index in [1.165, 1.54) is 11.1 Å². The van der Waals surface area contributed by atoms with Crippen LogP contribution in [0.1, 0.15) is 31.1 Å². The van der Waals surface area contributed by atoms with Gasteiger partial charge in [0.2, 0.25) is 0 Å². The summed E-state index contributed by atoms with van der Waals surface area (Å²) in [7, 11) is 0. The van der Waals surface area contributed by atoms with Gasteiger partial charge in [0.05, 0.1) is 12.6 Å². The highest BCUT2D eigenvalue weighted by molar-refractivity contribution is 5.33. The second-order valence-electron chi connectivity index (χ2n) is 4.62. The fraction of sp³-hybridized carbons (Fsp3) is 0.467. The van der Waals surface area contributed by atoms with Crippen molar-refractivity contribution in [2.24, 2.45) is 0 Å². The van der Waals surface area contributed by atoms with Gasteiger partial charge in [-0.3, -0.25) is 0 Å². The third kappa shape index (κ3) is 2.59. The molecule has 2 unspecified atom stereocenters. The minimum Gasteiger partial charge on any atom is -0.371 e. The van der Waals surface area contributed by atoms with Crippen molar-refractivity contribution < 1.29 is 4.74 Å². The number of rotatable bonds is 4. The lowest BCUT2D eigenvalue weighted by Gasteiger charge is -2.33. The Labute approximate surface area is 104 Å². The summed E-state index contributed by atoms with van der Waals surface area (Å²) in [4.78, 5) is 0. The summed E-state index contributed by atoms with van der Waals surface area (Å²) in [6, 6.07) is 8.77. The summed E-state index contributed by atoms with van der Waals surface area (Å²) in [5, 5.41) is 3.47.